The van der Waals surface area contributed by atoms with Crippen molar-refractivity contribution in [3.05, 3.63) is 35.6 Å². The van der Waals surface area contributed by atoms with Crippen molar-refractivity contribution in [1.29, 1.82) is 0 Å². The van der Waals surface area contributed by atoms with Crippen LogP contribution in [0.4, 0.5) is 4.39 Å². The van der Waals surface area contributed by atoms with Crippen LogP contribution in [0, 0.1) is 5.82 Å². The van der Waals surface area contributed by atoms with Gasteiger partial charge in [0.15, 0.2) is 5.96 Å². The van der Waals surface area contributed by atoms with Gasteiger partial charge in [0, 0.05) is 30.8 Å². The number of hydrogen-bond acceptors (Lipinski definition) is 2. The quantitative estimate of drug-likeness (QED) is 0.420. The third-order valence-corrected chi connectivity index (χ3v) is 5.83. The van der Waals surface area contributed by atoms with E-state index in [-0.39, 0.29) is 35.2 Å². The monoisotopic (exact) mass is 449 g/mol. The molecular formula is C17H25FIN3S. The van der Waals surface area contributed by atoms with Gasteiger partial charge >= 0.3 is 0 Å². The topological polar surface area (TPSA) is 36.4 Å². The summed E-state index contributed by atoms with van der Waals surface area (Å²) in [6, 6.07) is 7.64. The molecule has 0 radical (unpaired) electrons. The first kappa shape index (κ1) is 18.8. The van der Waals surface area contributed by atoms with Crippen LogP contribution in [0.3, 0.4) is 0 Å². The first-order valence-electron chi connectivity index (χ1n) is 8.03. The van der Waals surface area contributed by atoms with E-state index < -0.39 is 0 Å². The number of benzene rings is 1. The van der Waals surface area contributed by atoms with Crippen LogP contribution in [-0.2, 0) is 5.41 Å². The molecule has 1 aromatic carbocycles. The van der Waals surface area contributed by atoms with Gasteiger partial charge in [-0.25, -0.2) is 4.39 Å². The molecular weight excluding hydrogens is 424 g/mol. The van der Waals surface area contributed by atoms with Gasteiger partial charge in [0.05, 0.1) is 0 Å². The zero-order chi connectivity index (χ0) is 15.4. The molecule has 1 aromatic rings. The second kappa shape index (κ2) is 8.55. The van der Waals surface area contributed by atoms with E-state index in [0.717, 1.165) is 36.7 Å². The number of thioether (sulfide) groups is 1. The maximum Gasteiger partial charge on any atom is 0.191 e. The Morgan fingerprint density at radius 2 is 2.17 bits per heavy atom. The third-order valence-electron chi connectivity index (χ3n) is 4.62. The Balaban J connectivity index is 0.00000192. The predicted molar refractivity (Wildman–Crippen MR) is 108 cm³/mol. The van der Waals surface area contributed by atoms with Crippen molar-refractivity contribution in [3.63, 3.8) is 0 Å². The Hall–Kier alpha value is -0.500. The fraction of sp³-hybridized carbons (Fsp3) is 0.588. The van der Waals surface area contributed by atoms with Crippen LogP contribution in [0.25, 0.3) is 0 Å². The molecule has 1 unspecified atom stereocenters. The average molecular weight is 449 g/mol. The summed E-state index contributed by atoms with van der Waals surface area (Å²) >= 11 is 2.00. The van der Waals surface area contributed by atoms with Crippen LogP contribution in [0.5, 0.6) is 0 Å². The van der Waals surface area contributed by atoms with Crippen molar-refractivity contribution in [3.8, 4) is 0 Å². The SMILES string of the molecule is CN=C(NCC1(c2ccccc2F)CC1)NC1CCCSC1.I. The molecule has 0 spiro atoms. The van der Waals surface area contributed by atoms with Crippen molar-refractivity contribution >= 4 is 41.7 Å². The Morgan fingerprint density at radius 1 is 1.39 bits per heavy atom. The summed E-state index contributed by atoms with van der Waals surface area (Å²) < 4.78 is 14.0. The molecule has 2 N–H and O–H groups in total. The number of nitrogens with one attached hydrogen (secondary N) is 2. The van der Waals surface area contributed by atoms with E-state index in [1.165, 1.54) is 18.6 Å². The summed E-state index contributed by atoms with van der Waals surface area (Å²) in [6.07, 6.45) is 4.54. The van der Waals surface area contributed by atoms with Crippen LogP contribution >= 0.6 is 35.7 Å². The molecule has 128 valence electrons. The minimum Gasteiger partial charge on any atom is -0.356 e. The summed E-state index contributed by atoms with van der Waals surface area (Å²) in [5.74, 6) is 3.16. The molecule has 1 aliphatic carbocycles. The second-order valence-corrected chi connectivity index (χ2v) is 7.39. The van der Waals surface area contributed by atoms with Gasteiger partial charge in [0.2, 0.25) is 0 Å². The minimum absolute atomic E-state index is 0. The zero-order valence-electron chi connectivity index (χ0n) is 13.5. The number of hydrogen-bond donors (Lipinski definition) is 2. The van der Waals surface area contributed by atoms with E-state index >= 15 is 0 Å². The van der Waals surface area contributed by atoms with Crippen LogP contribution in [0.2, 0.25) is 0 Å². The van der Waals surface area contributed by atoms with Crippen LogP contribution in [-0.4, -0.2) is 37.1 Å². The molecule has 1 saturated carbocycles. The molecule has 6 heteroatoms. The fourth-order valence-corrected chi connectivity index (χ4v) is 4.15. The van der Waals surface area contributed by atoms with Crippen LogP contribution in [0.1, 0.15) is 31.2 Å². The van der Waals surface area contributed by atoms with E-state index in [4.69, 9.17) is 0 Å². The normalized spacial score (nSPS) is 22.9. The van der Waals surface area contributed by atoms with Crippen molar-refractivity contribution in [2.45, 2.75) is 37.1 Å². The first-order chi connectivity index (χ1) is 10.7. The highest BCUT2D eigenvalue weighted by molar-refractivity contribution is 14.0. The molecule has 0 bridgehead atoms. The summed E-state index contributed by atoms with van der Waals surface area (Å²) in [4.78, 5) is 4.32. The summed E-state index contributed by atoms with van der Waals surface area (Å²) in [6.45, 7) is 0.744. The standard InChI is InChI=1S/C17H24FN3S.HI/c1-19-16(21-13-5-4-10-22-11-13)20-12-17(8-9-17)14-6-2-3-7-15(14)18;/h2-3,6-7,13H,4-5,8-12H2,1H3,(H2,19,20,21);1H. The lowest BCUT2D eigenvalue weighted by atomic mass is 9.95. The van der Waals surface area contributed by atoms with Crippen LogP contribution in [0.15, 0.2) is 29.3 Å². The molecule has 0 amide bonds. The number of guanidine groups is 1. The van der Waals surface area contributed by atoms with Crippen LogP contribution < -0.4 is 10.6 Å². The van der Waals surface area contributed by atoms with Gasteiger partial charge in [-0.2, -0.15) is 11.8 Å². The smallest absolute Gasteiger partial charge is 0.191 e. The van der Waals surface area contributed by atoms with Gasteiger partial charge in [0.1, 0.15) is 5.82 Å². The Kier molecular flexibility index (Phi) is 7.00. The Morgan fingerprint density at radius 3 is 2.78 bits per heavy atom. The first-order valence-corrected chi connectivity index (χ1v) is 9.19. The highest BCUT2D eigenvalue weighted by Gasteiger charge is 2.45. The van der Waals surface area contributed by atoms with Crippen molar-refractivity contribution in [1.82, 2.24) is 10.6 Å². The van der Waals surface area contributed by atoms with Crippen molar-refractivity contribution < 1.29 is 4.39 Å². The van der Waals surface area contributed by atoms with E-state index in [1.54, 1.807) is 19.2 Å². The number of nitrogens with zero attached hydrogens (tertiary/aromatic N) is 1. The number of aliphatic imine (C=N–C) groups is 1. The van der Waals surface area contributed by atoms with Gasteiger partial charge in [-0.1, -0.05) is 18.2 Å². The average Bonchev–Trinajstić information content (AvgIpc) is 3.34. The van der Waals surface area contributed by atoms with Gasteiger partial charge in [0.25, 0.3) is 0 Å². The molecule has 0 aromatic heterocycles. The summed E-state index contributed by atoms with van der Waals surface area (Å²) in [5.41, 5.74) is 0.788. The van der Waals surface area contributed by atoms with E-state index in [0.29, 0.717) is 6.04 Å². The molecule has 1 atom stereocenters. The predicted octanol–water partition coefficient (Wildman–Crippen LogP) is 3.54. The molecule has 1 saturated heterocycles. The lowest BCUT2D eigenvalue weighted by molar-refractivity contribution is 0.548. The molecule has 3 nitrogen and oxygen atoms in total. The largest absolute Gasteiger partial charge is 0.356 e. The van der Waals surface area contributed by atoms with Crippen molar-refractivity contribution in [2.24, 2.45) is 4.99 Å². The van der Waals surface area contributed by atoms with Gasteiger partial charge in [-0.15, -0.1) is 24.0 Å². The summed E-state index contributed by atoms with van der Waals surface area (Å²) in [7, 11) is 1.80. The maximum atomic E-state index is 14.0. The molecule has 2 aliphatic rings. The number of halogens is 2. The van der Waals surface area contributed by atoms with E-state index in [1.807, 2.05) is 23.9 Å². The second-order valence-electron chi connectivity index (χ2n) is 6.24. The third kappa shape index (κ3) is 4.75. The van der Waals surface area contributed by atoms with E-state index in [9.17, 15) is 4.39 Å². The Bertz CT molecular complexity index is 542. The number of rotatable bonds is 4. The van der Waals surface area contributed by atoms with Gasteiger partial charge in [-0.05, 0) is 43.1 Å². The molecule has 1 heterocycles. The fourth-order valence-electron chi connectivity index (χ4n) is 3.08. The molecule has 3 rings (SSSR count). The van der Waals surface area contributed by atoms with E-state index in [2.05, 4.69) is 15.6 Å². The highest BCUT2D eigenvalue weighted by atomic mass is 127. The molecule has 2 fully saturated rings. The minimum atomic E-state index is -0.0894. The van der Waals surface area contributed by atoms with Gasteiger partial charge < -0.3 is 10.6 Å². The zero-order valence-corrected chi connectivity index (χ0v) is 16.6. The maximum absolute atomic E-state index is 14.0. The highest BCUT2D eigenvalue weighted by Crippen LogP contribution is 2.48. The lowest BCUT2D eigenvalue weighted by Gasteiger charge is -2.26. The Labute approximate surface area is 159 Å². The van der Waals surface area contributed by atoms with Gasteiger partial charge in [-0.3, -0.25) is 4.99 Å². The molecule has 23 heavy (non-hydrogen) atoms. The molecule has 1 aliphatic heterocycles. The lowest BCUT2D eigenvalue weighted by Crippen LogP contribution is -2.47. The van der Waals surface area contributed by atoms with Crippen molar-refractivity contribution in [2.75, 3.05) is 25.1 Å². The summed E-state index contributed by atoms with van der Waals surface area (Å²) in [5, 5.41) is 6.90.